The first-order chi connectivity index (χ1) is 8.69. The van der Waals surface area contributed by atoms with Crippen molar-refractivity contribution in [2.75, 3.05) is 7.11 Å². The van der Waals surface area contributed by atoms with Crippen LogP contribution in [0.15, 0.2) is 24.3 Å². The number of hydrogen-bond donors (Lipinski definition) is 1. The van der Waals surface area contributed by atoms with Crippen LogP contribution < -0.4 is 10.5 Å². The average Bonchev–Trinajstić information content (AvgIpc) is 2.40. The van der Waals surface area contributed by atoms with E-state index in [-0.39, 0.29) is 0 Å². The number of methoxy groups -OCH3 is 1. The molecule has 0 spiro atoms. The summed E-state index contributed by atoms with van der Waals surface area (Å²) in [6, 6.07) is 8.61. The summed E-state index contributed by atoms with van der Waals surface area (Å²) in [5.41, 5.74) is 7.69. The molecule has 2 nitrogen and oxygen atoms in total. The van der Waals surface area contributed by atoms with Gasteiger partial charge in [-0.25, -0.2) is 0 Å². The van der Waals surface area contributed by atoms with Gasteiger partial charge in [0.2, 0.25) is 0 Å². The summed E-state index contributed by atoms with van der Waals surface area (Å²) in [5.74, 6) is 2.52. The number of nitrogens with two attached hydrogens (primary N) is 1. The minimum Gasteiger partial charge on any atom is -0.497 e. The Balaban J connectivity index is 1.87. The van der Waals surface area contributed by atoms with E-state index in [1.54, 1.807) is 7.11 Å². The predicted molar refractivity (Wildman–Crippen MR) is 75.8 cm³/mol. The smallest absolute Gasteiger partial charge is 0.118 e. The lowest BCUT2D eigenvalue weighted by molar-refractivity contribution is 0.253. The molecule has 2 heteroatoms. The highest BCUT2D eigenvalue weighted by atomic mass is 16.5. The van der Waals surface area contributed by atoms with E-state index in [1.165, 1.54) is 31.2 Å². The van der Waals surface area contributed by atoms with E-state index >= 15 is 0 Å². The lowest BCUT2D eigenvalue weighted by atomic mass is 9.78. The Labute approximate surface area is 111 Å². The molecule has 1 aromatic rings. The molecule has 0 aliphatic heterocycles. The van der Waals surface area contributed by atoms with Crippen LogP contribution in [-0.2, 0) is 6.42 Å². The fourth-order valence-corrected chi connectivity index (χ4v) is 2.91. The number of ether oxygens (including phenoxy) is 1. The molecule has 1 fully saturated rings. The van der Waals surface area contributed by atoms with Gasteiger partial charge < -0.3 is 10.5 Å². The molecule has 1 aromatic carbocycles. The third-order valence-electron chi connectivity index (χ3n) is 4.30. The van der Waals surface area contributed by atoms with E-state index in [2.05, 4.69) is 19.1 Å². The van der Waals surface area contributed by atoms with Gasteiger partial charge in [0.15, 0.2) is 0 Å². The van der Waals surface area contributed by atoms with Crippen molar-refractivity contribution < 1.29 is 4.74 Å². The second kappa shape index (κ2) is 6.24. The molecule has 0 heterocycles. The first kappa shape index (κ1) is 13.4. The minimum absolute atomic E-state index is 0.311. The van der Waals surface area contributed by atoms with E-state index in [1.807, 2.05) is 12.1 Å². The van der Waals surface area contributed by atoms with Gasteiger partial charge in [-0.1, -0.05) is 31.9 Å². The van der Waals surface area contributed by atoms with Gasteiger partial charge in [-0.05, 0) is 48.8 Å². The highest BCUT2D eigenvalue weighted by molar-refractivity contribution is 5.27. The van der Waals surface area contributed by atoms with Crippen molar-refractivity contribution in [1.29, 1.82) is 0 Å². The van der Waals surface area contributed by atoms with Crippen LogP contribution in [0.3, 0.4) is 0 Å². The Morgan fingerprint density at radius 1 is 1.17 bits per heavy atom. The summed E-state index contributed by atoms with van der Waals surface area (Å²) in [6.07, 6.45) is 6.29. The van der Waals surface area contributed by atoms with Gasteiger partial charge in [0.1, 0.15) is 5.75 Å². The molecule has 18 heavy (non-hydrogen) atoms. The van der Waals surface area contributed by atoms with Crippen LogP contribution in [0.25, 0.3) is 0 Å². The second-order valence-corrected chi connectivity index (χ2v) is 5.74. The first-order valence-corrected chi connectivity index (χ1v) is 7.07. The molecule has 1 unspecified atom stereocenters. The molecular weight excluding hydrogens is 222 g/mol. The van der Waals surface area contributed by atoms with Gasteiger partial charge in [-0.2, -0.15) is 0 Å². The first-order valence-electron chi connectivity index (χ1n) is 7.07. The monoisotopic (exact) mass is 247 g/mol. The molecule has 0 amide bonds. The van der Waals surface area contributed by atoms with E-state index in [4.69, 9.17) is 10.5 Å². The molecule has 0 saturated heterocycles. The lowest BCUT2D eigenvalue weighted by Gasteiger charge is -2.30. The fourth-order valence-electron chi connectivity index (χ4n) is 2.91. The molecule has 1 aliphatic rings. The van der Waals surface area contributed by atoms with Crippen molar-refractivity contribution in [3.8, 4) is 5.75 Å². The molecule has 2 N–H and O–H groups in total. The maximum atomic E-state index is 6.37. The molecule has 0 radical (unpaired) electrons. The summed E-state index contributed by atoms with van der Waals surface area (Å²) in [7, 11) is 1.70. The van der Waals surface area contributed by atoms with Gasteiger partial charge in [0, 0.05) is 6.04 Å². The van der Waals surface area contributed by atoms with Crippen LogP contribution in [0.1, 0.15) is 38.2 Å². The molecule has 1 saturated carbocycles. The average molecular weight is 247 g/mol. The predicted octanol–water partition coefficient (Wildman–Crippen LogP) is 3.39. The minimum atomic E-state index is 0.311. The zero-order valence-corrected chi connectivity index (χ0v) is 11.6. The van der Waals surface area contributed by atoms with E-state index in [0.29, 0.717) is 12.0 Å². The highest BCUT2D eigenvalue weighted by Gasteiger charge is 2.23. The van der Waals surface area contributed by atoms with Crippen LogP contribution in [0, 0.1) is 11.8 Å². The Kier molecular flexibility index (Phi) is 4.65. The topological polar surface area (TPSA) is 35.2 Å². The molecule has 0 bridgehead atoms. The standard InChI is InChI=1S/C16H25NO/c1-12-3-7-14(8-4-12)16(17)11-13-5-9-15(18-2)10-6-13/h5-6,9-10,12,14,16H,3-4,7-8,11,17H2,1-2H3. The molecule has 2 rings (SSSR count). The van der Waals surface area contributed by atoms with Crippen molar-refractivity contribution in [3.05, 3.63) is 29.8 Å². The molecule has 1 atom stereocenters. The van der Waals surface area contributed by atoms with Crippen molar-refractivity contribution in [2.45, 2.75) is 45.1 Å². The van der Waals surface area contributed by atoms with Gasteiger partial charge in [-0.3, -0.25) is 0 Å². The van der Waals surface area contributed by atoms with E-state index in [9.17, 15) is 0 Å². The van der Waals surface area contributed by atoms with Crippen molar-refractivity contribution >= 4 is 0 Å². The Bertz CT molecular complexity index is 352. The largest absolute Gasteiger partial charge is 0.497 e. The van der Waals surface area contributed by atoms with Crippen LogP contribution in [0.2, 0.25) is 0 Å². The Morgan fingerprint density at radius 2 is 1.78 bits per heavy atom. The van der Waals surface area contributed by atoms with Gasteiger partial charge in [0.25, 0.3) is 0 Å². The number of benzene rings is 1. The molecular formula is C16H25NO. The molecule has 0 aromatic heterocycles. The molecule has 100 valence electrons. The third-order valence-corrected chi connectivity index (χ3v) is 4.30. The SMILES string of the molecule is COc1ccc(CC(N)C2CCC(C)CC2)cc1. The van der Waals surface area contributed by atoms with E-state index in [0.717, 1.165) is 18.1 Å². The Hall–Kier alpha value is -1.02. The summed E-state index contributed by atoms with van der Waals surface area (Å²) in [6.45, 7) is 2.35. The summed E-state index contributed by atoms with van der Waals surface area (Å²) in [4.78, 5) is 0. The third kappa shape index (κ3) is 3.49. The zero-order chi connectivity index (χ0) is 13.0. The van der Waals surface area contributed by atoms with Crippen LogP contribution in [0.4, 0.5) is 0 Å². The van der Waals surface area contributed by atoms with Crippen LogP contribution in [-0.4, -0.2) is 13.2 Å². The Morgan fingerprint density at radius 3 is 2.33 bits per heavy atom. The zero-order valence-electron chi connectivity index (χ0n) is 11.6. The van der Waals surface area contributed by atoms with Gasteiger partial charge in [-0.15, -0.1) is 0 Å². The van der Waals surface area contributed by atoms with Crippen molar-refractivity contribution in [3.63, 3.8) is 0 Å². The second-order valence-electron chi connectivity index (χ2n) is 5.74. The quantitative estimate of drug-likeness (QED) is 0.885. The van der Waals surface area contributed by atoms with Gasteiger partial charge >= 0.3 is 0 Å². The van der Waals surface area contributed by atoms with Crippen LogP contribution in [0.5, 0.6) is 5.75 Å². The summed E-state index contributed by atoms with van der Waals surface area (Å²) >= 11 is 0. The van der Waals surface area contributed by atoms with Crippen LogP contribution >= 0.6 is 0 Å². The van der Waals surface area contributed by atoms with Gasteiger partial charge in [0.05, 0.1) is 7.11 Å². The normalized spacial score (nSPS) is 25.7. The maximum absolute atomic E-state index is 6.37. The number of rotatable bonds is 4. The van der Waals surface area contributed by atoms with Crippen molar-refractivity contribution in [1.82, 2.24) is 0 Å². The van der Waals surface area contributed by atoms with Crippen molar-refractivity contribution in [2.24, 2.45) is 17.6 Å². The van der Waals surface area contributed by atoms with E-state index < -0.39 is 0 Å². The maximum Gasteiger partial charge on any atom is 0.118 e. The summed E-state index contributed by atoms with van der Waals surface area (Å²) in [5, 5.41) is 0. The highest BCUT2D eigenvalue weighted by Crippen LogP contribution is 2.30. The summed E-state index contributed by atoms with van der Waals surface area (Å²) < 4.78 is 5.17. The number of hydrogen-bond acceptors (Lipinski definition) is 2. The fraction of sp³-hybridized carbons (Fsp3) is 0.625. The lowest BCUT2D eigenvalue weighted by Crippen LogP contribution is -2.34. The molecule has 1 aliphatic carbocycles.